The summed E-state index contributed by atoms with van der Waals surface area (Å²) in [6.45, 7) is 4.73. The fourth-order valence-corrected chi connectivity index (χ4v) is 2.39. The molecule has 6 heteroatoms. The monoisotopic (exact) mass is 329 g/mol. The van der Waals surface area contributed by atoms with Gasteiger partial charge in [-0.25, -0.2) is 9.78 Å². The zero-order valence-electron chi connectivity index (χ0n) is 14.0. The maximum atomic E-state index is 11.9. The van der Waals surface area contributed by atoms with Gasteiger partial charge in [0.05, 0.1) is 12.8 Å². The molecule has 1 heterocycles. The zero-order chi connectivity index (χ0) is 17.2. The van der Waals surface area contributed by atoms with Crippen LogP contribution in [0.2, 0.25) is 0 Å². The van der Waals surface area contributed by atoms with Gasteiger partial charge in [0, 0.05) is 29.1 Å². The second-order valence-corrected chi connectivity index (χ2v) is 6.77. The maximum absolute atomic E-state index is 11.9. The van der Waals surface area contributed by atoms with Crippen LogP contribution in [0.25, 0.3) is 11.5 Å². The van der Waals surface area contributed by atoms with E-state index < -0.39 is 0 Å². The Bertz CT molecular complexity index is 703. The summed E-state index contributed by atoms with van der Waals surface area (Å²) in [7, 11) is 0. The van der Waals surface area contributed by atoms with E-state index in [1.807, 2.05) is 24.3 Å². The van der Waals surface area contributed by atoms with E-state index in [0.717, 1.165) is 24.2 Å². The molecule has 0 radical (unpaired) electrons. The topological polar surface area (TPSA) is 87.4 Å². The van der Waals surface area contributed by atoms with Gasteiger partial charge < -0.3 is 20.2 Å². The number of amides is 2. The van der Waals surface area contributed by atoms with E-state index >= 15 is 0 Å². The molecule has 0 saturated heterocycles. The van der Waals surface area contributed by atoms with Crippen molar-refractivity contribution in [3.8, 4) is 11.5 Å². The van der Waals surface area contributed by atoms with Crippen molar-refractivity contribution in [2.75, 3.05) is 18.5 Å². The van der Waals surface area contributed by atoms with Crippen molar-refractivity contribution in [2.45, 2.75) is 32.6 Å². The highest BCUT2D eigenvalue weighted by atomic mass is 16.4. The predicted octanol–water partition coefficient (Wildman–Crippen LogP) is 3.36. The summed E-state index contributed by atoms with van der Waals surface area (Å²) in [5, 5.41) is 14.8. The highest BCUT2D eigenvalue weighted by Gasteiger charge is 2.42. The fraction of sp³-hybridized carbons (Fsp3) is 0.444. The van der Waals surface area contributed by atoms with E-state index in [2.05, 4.69) is 29.5 Å². The number of carbonyl (C=O) groups excluding carboxylic acids is 1. The molecule has 0 aliphatic heterocycles. The Labute approximate surface area is 141 Å². The van der Waals surface area contributed by atoms with E-state index in [4.69, 9.17) is 4.42 Å². The molecule has 1 aliphatic rings. The van der Waals surface area contributed by atoms with Crippen molar-refractivity contribution < 1.29 is 14.3 Å². The number of benzene rings is 1. The molecule has 3 N–H and O–H groups in total. The van der Waals surface area contributed by atoms with Gasteiger partial charge in [-0.05, 0) is 37.1 Å². The Morgan fingerprint density at radius 3 is 2.58 bits per heavy atom. The lowest BCUT2D eigenvalue weighted by Gasteiger charge is -2.13. The first-order valence-corrected chi connectivity index (χ1v) is 8.23. The summed E-state index contributed by atoms with van der Waals surface area (Å²) in [6.07, 6.45) is 3.68. The molecule has 1 aliphatic carbocycles. The van der Waals surface area contributed by atoms with Crippen LogP contribution >= 0.6 is 0 Å². The van der Waals surface area contributed by atoms with Crippen LogP contribution in [0.3, 0.4) is 0 Å². The minimum Gasteiger partial charge on any atom is -0.441 e. The summed E-state index contributed by atoms with van der Waals surface area (Å²) in [5.74, 6) is 1.72. The second-order valence-electron chi connectivity index (χ2n) is 6.77. The van der Waals surface area contributed by atoms with Gasteiger partial charge >= 0.3 is 6.03 Å². The number of anilines is 1. The van der Waals surface area contributed by atoms with Crippen LogP contribution in [0.15, 0.2) is 34.9 Å². The van der Waals surface area contributed by atoms with Gasteiger partial charge in [-0.2, -0.15) is 0 Å². The molecule has 0 atom stereocenters. The first-order valence-electron chi connectivity index (χ1n) is 8.23. The molecule has 0 bridgehead atoms. The normalized spacial score (nSPS) is 15.3. The average molecular weight is 329 g/mol. The number of nitrogens with one attached hydrogen (secondary N) is 2. The third-order valence-electron chi connectivity index (χ3n) is 4.40. The van der Waals surface area contributed by atoms with Crippen molar-refractivity contribution in [1.29, 1.82) is 0 Å². The van der Waals surface area contributed by atoms with Crippen LogP contribution in [-0.4, -0.2) is 29.3 Å². The molecule has 3 rings (SSSR count). The summed E-state index contributed by atoms with van der Waals surface area (Å²) in [6, 6.07) is 7.09. The van der Waals surface area contributed by atoms with Crippen LogP contribution in [-0.2, 0) is 0 Å². The first kappa shape index (κ1) is 16.5. The second kappa shape index (κ2) is 6.65. The maximum Gasteiger partial charge on any atom is 0.319 e. The van der Waals surface area contributed by atoms with Gasteiger partial charge in [0.1, 0.15) is 5.76 Å². The van der Waals surface area contributed by atoms with E-state index in [0.29, 0.717) is 24.0 Å². The van der Waals surface area contributed by atoms with Crippen molar-refractivity contribution >= 4 is 11.7 Å². The van der Waals surface area contributed by atoms with Crippen LogP contribution in [0.1, 0.15) is 38.4 Å². The fourth-order valence-electron chi connectivity index (χ4n) is 2.39. The number of carbonyl (C=O) groups is 1. The molecule has 24 heavy (non-hydrogen) atoms. The summed E-state index contributed by atoms with van der Waals surface area (Å²) < 4.78 is 5.71. The van der Waals surface area contributed by atoms with Crippen molar-refractivity contribution in [2.24, 2.45) is 5.41 Å². The van der Waals surface area contributed by atoms with Crippen molar-refractivity contribution in [3.63, 3.8) is 0 Å². The number of aromatic nitrogens is 1. The van der Waals surface area contributed by atoms with E-state index in [-0.39, 0.29) is 18.1 Å². The number of urea groups is 1. The molecule has 6 nitrogen and oxygen atoms in total. The minimum atomic E-state index is -0.263. The van der Waals surface area contributed by atoms with Gasteiger partial charge in [-0.15, -0.1) is 0 Å². The number of rotatable bonds is 6. The van der Waals surface area contributed by atoms with Gasteiger partial charge in [-0.1, -0.05) is 13.8 Å². The summed E-state index contributed by atoms with van der Waals surface area (Å²) >= 11 is 0. The van der Waals surface area contributed by atoms with Crippen LogP contribution < -0.4 is 10.6 Å². The highest BCUT2D eigenvalue weighted by molar-refractivity contribution is 5.89. The average Bonchev–Trinajstić information content (AvgIpc) is 3.19. The number of aliphatic hydroxyl groups is 1. The van der Waals surface area contributed by atoms with Gasteiger partial charge in [0.25, 0.3) is 0 Å². The Morgan fingerprint density at radius 1 is 1.33 bits per heavy atom. The molecular weight excluding hydrogens is 306 g/mol. The highest BCUT2D eigenvalue weighted by Crippen LogP contribution is 2.44. The molecule has 0 unspecified atom stereocenters. The molecule has 2 amide bonds. The Balaban J connectivity index is 1.56. The number of oxazole rings is 1. The lowest BCUT2D eigenvalue weighted by molar-refractivity contribution is 0.206. The zero-order valence-corrected chi connectivity index (χ0v) is 14.0. The van der Waals surface area contributed by atoms with E-state index in [1.165, 1.54) is 0 Å². The molecule has 1 aromatic heterocycles. The van der Waals surface area contributed by atoms with Crippen molar-refractivity contribution in [3.05, 3.63) is 36.2 Å². The molecule has 0 spiro atoms. The van der Waals surface area contributed by atoms with Gasteiger partial charge in [0.2, 0.25) is 5.89 Å². The molecule has 1 aromatic carbocycles. The largest absolute Gasteiger partial charge is 0.441 e. The SMILES string of the molecule is CC(C)c1cnc(-c2ccc(NC(=O)NCC3(CO)CC3)cc2)o1. The lowest BCUT2D eigenvalue weighted by Crippen LogP contribution is -2.35. The number of hydrogen-bond acceptors (Lipinski definition) is 4. The van der Waals surface area contributed by atoms with Crippen molar-refractivity contribution in [1.82, 2.24) is 10.3 Å². The third kappa shape index (κ3) is 3.76. The van der Waals surface area contributed by atoms with Gasteiger partial charge in [-0.3, -0.25) is 0 Å². The molecular formula is C18H23N3O3. The van der Waals surface area contributed by atoms with E-state index in [1.54, 1.807) is 6.20 Å². The number of aliphatic hydroxyl groups excluding tert-OH is 1. The Hall–Kier alpha value is -2.34. The standard InChI is InChI=1S/C18H23N3O3/c1-12(2)15-9-19-16(24-15)13-3-5-14(6-4-13)21-17(23)20-10-18(11-22)7-8-18/h3-6,9,12,22H,7-8,10-11H2,1-2H3,(H2,20,21,23). The summed E-state index contributed by atoms with van der Waals surface area (Å²) in [5.41, 5.74) is 1.46. The molecule has 1 fully saturated rings. The van der Waals surface area contributed by atoms with Crippen LogP contribution in [0, 0.1) is 5.41 Å². The molecule has 128 valence electrons. The van der Waals surface area contributed by atoms with E-state index in [9.17, 15) is 9.90 Å². The lowest BCUT2D eigenvalue weighted by atomic mass is 10.1. The van der Waals surface area contributed by atoms with Crippen LogP contribution in [0.5, 0.6) is 0 Å². The predicted molar refractivity (Wildman–Crippen MR) is 91.8 cm³/mol. The quantitative estimate of drug-likeness (QED) is 0.758. The first-order chi connectivity index (χ1) is 11.5. The molecule has 2 aromatic rings. The minimum absolute atomic E-state index is 0.0969. The third-order valence-corrected chi connectivity index (χ3v) is 4.40. The smallest absolute Gasteiger partial charge is 0.319 e. The summed E-state index contributed by atoms with van der Waals surface area (Å²) in [4.78, 5) is 16.2. The number of nitrogens with zero attached hydrogens (tertiary/aromatic N) is 1. The van der Waals surface area contributed by atoms with Gasteiger partial charge in [0.15, 0.2) is 0 Å². The molecule has 1 saturated carbocycles. The number of hydrogen-bond donors (Lipinski definition) is 3. The Kier molecular flexibility index (Phi) is 4.57. The Morgan fingerprint density at radius 2 is 2.04 bits per heavy atom. The van der Waals surface area contributed by atoms with Crippen LogP contribution in [0.4, 0.5) is 10.5 Å².